The lowest BCUT2D eigenvalue weighted by molar-refractivity contribution is -0.120. The maximum Gasteiger partial charge on any atom is 0.326 e. The van der Waals surface area contributed by atoms with Gasteiger partial charge in [0.15, 0.2) is 0 Å². The van der Waals surface area contributed by atoms with E-state index in [-0.39, 0.29) is 11.9 Å². The topological polar surface area (TPSA) is 120 Å². The molecule has 9 heteroatoms. The summed E-state index contributed by atoms with van der Waals surface area (Å²) in [5, 5.41) is 14.4. The fourth-order valence-electron chi connectivity index (χ4n) is 2.96. The molecule has 2 heterocycles. The highest BCUT2D eigenvalue weighted by atomic mass is 16.2. The summed E-state index contributed by atoms with van der Waals surface area (Å²) in [6.07, 6.45) is 1.27. The van der Waals surface area contributed by atoms with Crippen LogP contribution in [0, 0.1) is 6.92 Å². The first-order valence-electron chi connectivity index (χ1n) is 9.24. The zero-order chi connectivity index (χ0) is 19.9. The van der Waals surface area contributed by atoms with Gasteiger partial charge in [-0.3, -0.25) is 10.1 Å². The fraction of sp³-hybridized carbons (Fsp3) is 0.368. The van der Waals surface area contributed by atoms with Crippen LogP contribution < -0.4 is 26.6 Å². The summed E-state index contributed by atoms with van der Waals surface area (Å²) in [4.78, 5) is 32.1. The van der Waals surface area contributed by atoms with E-state index >= 15 is 0 Å². The van der Waals surface area contributed by atoms with Crippen LogP contribution >= 0.6 is 0 Å². The average molecular weight is 383 g/mol. The van der Waals surface area contributed by atoms with Gasteiger partial charge in [-0.25, -0.2) is 9.78 Å². The normalized spacial score (nSPS) is 12.6. The molecule has 3 amide bonds. The largest absolute Gasteiger partial charge is 0.369 e. The Morgan fingerprint density at radius 1 is 1.14 bits per heavy atom. The van der Waals surface area contributed by atoms with Gasteiger partial charge >= 0.3 is 6.03 Å². The van der Waals surface area contributed by atoms with Crippen molar-refractivity contribution < 1.29 is 9.59 Å². The number of anilines is 3. The first-order valence-corrected chi connectivity index (χ1v) is 9.24. The summed E-state index contributed by atoms with van der Waals surface area (Å²) < 4.78 is 0. The number of nitrogens with one attached hydrogen (secondary N) is 5. The summed E-state index contributed by atoms with van der Waals surface area (Å²) in [6.45, 7) is 4.04. The quantitative estimate of drug-likeness (QED) is 0.517. The smallest absolute Gasteiger partial charge is 0.326 e. The minimum Gasteiger partial charge on any atom is -0.369 e. The predicted octanol–water partition coefficient (Wildman–Crippen LogP) is 1.62. The van der Waals surface area contributed by atoms with Gasteiger partial charge in [0.2, 0.25) is 11.9 Å². The molecule has 148 valence electrons. The molecule has 0 bridgehead atoms. The summed E-state index contributed by atoms with van der Waals surface area (Å²) in [5.74, 6) is 0.687. The second kappa shape index (κ2) is 9.14. The number of rotatable bonds is 6. The summed E-state index contributed by atoms with van der Waals surface area (Å²) >= 11 is 0. The minimum absolute atomic E-state index is 0.0585. The van der Waals surface area contributed by atoms with Crippen LogP contribution in [0.5, 0.6) is 0 Å². The van der Waals surface area contributed by atoms with E-state index in [9.17, 15) is 9.59 Å². The van der Waals surface area contributed by atoms with Gasteiger partial charge in [-0.1, -0.05) is 6.07 Å². The highest BCUT2D eigenvalue weighted by molar-refractivity contribution is 5.98. The van der Waals surface area contributed by atoms with Gasteiger partial charge in [-0.05, 0) is 43.1 Å². The van der Waals surface area contributed by atoms with Crippen LogP contribution in [0.25, 0.3) is 0 Å². The van der Waals surface area contributed by atoms with E-state index in [0.717, 1.165) is 25.2 Å². The van der Waals surface area contributed by atoms with E-state index in [1.807, 2.05) is 25.1 Å². The Morgan fingerprint density at radius 3 is 2.82 bits per heavy atom. The lowest BCUT2D eigenvalue weighted by atomic mass is 10.0. The number of benzene rings is 1. The maximum absolute atomic E-state index is 12.3. The molecule has 1 aromatic carbocycles. The average Bonchev–Trinajstić information content (AvgIpc) is 2.67. The van der Waals surface area contributed by atoms with Crippen molar-refractivity contribution in [2.75, 3.05) is 36.1 Å². The predicted molar refractivity (Wildman–Crippen MR) is 108 cm³/mol. The number of aromatic nitrogens is 2. The lowest BCUT2D eigenvalue weighted by Gasteiger charge is -2.18. The SMILES string of the molecule is CNC(=O)CCNc1cc(C)nc(NC(=O)Nc2ccc3c(c2)CCNC3)n1. The second-order valence-electron chi connectivity index (χ2n) is 6.56. The van der Waals surface area contributed by atoms with Crippen LogP contribution in [0.15, 0.2) is 24.3 Å². The number of nitrogens with zero attached hydrogens (tertiary/aromatic N) is 2. The number of fused-ring (bicyclic) bond motifs is 1. The Hall–Kier alpha value is -3.20. The summed E-state index contributed by atoms with van der Waals surface area (Å²) in [7, 11) is 1.59. The molecule has 0 unspecified atom stereocenters. The zero-order valence-electron chi connectivity index (χ0n) is 16.1. The molecular weight excluding hydrogens is 358 g/mol. The van der Waals surface area contributed by atoms with E-state index in [4.69, 9.17) is 0 Å². The number of hydrogen-bond donors (Lipinski definition) is 5. The summed E-state index contributed by atoms with van der Waals surface area (Å²) in [6, 6.07) is 7.25. The van der Waals surface area contributed by atoms with Gasteiger partial charge in [-0.15, -0.1) is 0 Å². The van der Waals surface area contributed by atoms with E-state index in [2.05, 4.69) is 36.6 Å². The van der Waals surface area contributed by atoms with Gasteiger partial charge in [-0.2, -0.15) is 4.98 Å². The Bertz CT molecular complexity index is 869. The van der Waals surface area contributed by atoms with Gasteiger partial charge < -0.3 is 21.3 Å². The van der Waals surface area contributed by atoms with Crippen molar-refractivity contribution in [3.63, 3.8) is 0 Å². The van der Waals surface area contributed by atoms with Crippen molar-refractivity contribution in [1.29, 1.82) is 0 Å². The monoisotopic (exact) mass is 383 g/mol. The molecule has 5 N–H and O–H groups in total. The third-order valence-electron chi connectivity index (χ3n) is 4.37. The Balaban J connectivity index is 1.59. The van der Waals surface area contributed by atoms with Gasteiger partial charge in [0, 0.05) is 44.0 Å². The molecular formula is C19H25N7O2. The maximum atomic E-state index is 12.3. The number of aryl methyl sites for hydroxylation is 1. The third-order valence-corrected chi connectivity index (χ3v) is 4.37. The molecule has 0 radical (unpaired) electrons. The molecule has 0 atom stereocenters. The van der Waals surface area contributed by atoms with Gasteiger partial charge in [0.25, 0.3) is 0 Å². The highest BCUT2D eigenvalue weighted by Crippen LogP contribution is 2.19. The van der Waals surface area contributed by atoms with Crippen LogP contribution in [0.2, 0.25) is 0 Å². The van der Waals surface area contributed by atoms with E-state index < -0.39 is 6.03 Å². The van der Waals surface area contributed by atoms with Crippen molar-refractivity contribution in [3.05, 3.63) is 41.1 Å². The Morgan fingerprint density at radius 2 is 2.00 bits per heavy atom. The van der Waals surface area contributed by atoms with Crippen molar-refractivity contribution in [2.24, 2.45) is 0 Å². The second-order valence-corrected chi connectivity index (χ2v) is 6.56. The first kappa shape index (κ1) is 19.6. The molecule has 28 heavy (non-hydrogen) atoms. The molecule has 1 aliphatic rings. The van der Waals surface area contributed by atoms with Gasteiger partial charge in [0.05, 0.1) is 0 Å². The minimum atomic E-state index is -0.407. The number of urea groups is 1. The van der Waals surface area contributed by atoms with Crippen LogP contribution in [0.4, 0.5) is 22.2 Å². The third kappa shape index (κ3) is 5.40. The van der Waals surface area contributed by atoms with Crippen LogP contribution in [-0.2, 0) is 17.8 Å². The number of amides is 3. The highest BCUT2D eigenvalue weighted by Gasteiger charge is 2.11. The molecule has 0 aliphatic carbocycles. The van der Waals surface area contributed by atoms with Gasteiger partial charge in [0.1, 0.15) is 5.82 Å². The zero-order valence-corrected chi connectivity index (χ0v) is 16.1. The van der Waals surface area contributed by atoms with Crippen molar-refractivity contribution >= 4 is 29.4 Å². The standard InChI is InChI=1S/C19H25N7O2/c1-12-9-16(22-8-6-17(27)20-2)25-18(23-12)26-19(28)24-15-4-3-14-11-21-7-5-13(14)10-15/h3-4,9-10,21H,5-8,11H2,1-2H3,(H,20,27)(H3,22,23,24,25,26,28). The number of carbonyl (C=O) groups excluding carboxylic acids is 2. The fourth-order valence-corrected chi connectivity index (χ4v) is 2.96. The molecule has 0 spiro atoms. The number of hydrogen-bond acceptors (Lipinski definition) is 6. The van der Waals surface area contributed by atoms with E-state index in [0.29, 0.717) is 24.5 Å². The molecule has 0 fully saturated rings. The first-order chi connectivity index (χ1) is 13.5. The molecule has 0 saturated heterocycles. The van der Waals surface area contributed by atoms with Crippen LogP contribution in [0.3, 0.4) is 0 Å². The molecule has 0 saturated carbocycles. The molecule has 9 nitrogen and oxygen atoms in total. The molecule has 1 aromatic heterocycles. The van der Waals surface area contributed by atoms with Crippen LogP contribution in [0.1, 0.15) is 23.2 Å². The van der Waals surface area contributed by atoms with Crippen molar-refractivity contribution in [2.45, 2.75) is 26.3 Å². The molecule has 3 rings (SSSR count). The molecule has 1 aliphatic heterocycles. The Labute approximate surface area is 163 Å². The molecule has 2 aromatic rings. The van der Waals surface area contributed by atoms with E-state index in [1.54, 1.807) is 13.1 Å². The van der Waals surface area contributed by atoms with Crippen LogP contribution in [-0.4, -0.2) is 42.0 Å². The van der Waals surface area contributed by atoms with Crippen molar-refractivity contribution in [1.82, 2.24) is 20.6 Å². The number of carbonyl (C=O) groups is 2. The lowest BCUT2D eigenvalue weighted by Crippen LogP contribution is -2.25. The Kier molecular flexibility index (Phi) is 6.38. The van der Waals surface area contributed by atoms with Crippen molar-refractivity contribution in [3.8, 4) is 0 Å². The summed E-state index contributed by atoms with van der Waals surface area (Å²) in [5.41, 5.74) is 3.93. The van der Waals surface area contributed by atoms with E-state index in [1.165, 1.54) is 11.1 Å².